The molecule has 0 saturated carbocycles. The van der Waals surface area contributed by atoms with Crippen LogP contribution in [0.1, 0.15) is 42.6 Å². The lowest BCUT2D eigenvalue weighted by Gasteiger charge is -2.37. The van der Waals surface area contributed by atoms with E-state index in [-0.39, 0.29) is 5.63 Å². The van der Waals surface area contributed by atoms with Crippen LogP contribution in [0.3, 0.4) is 0 Å². The first-order chi connectivity index (χ1) is 13.1. The van der Waals surface area contributed by atoms with E-state index in [0.717, 1.165) is 54.4 Å². The van der Waals surface area contributed by atoms with E-state index in [2.05, 4.69) is 11.0 Å². The second kappa shape index (κ2) is 6.24. The van der Waals surface area contributed by atoms with Gasteiger partial charge in [0.1, 0.15) is 5.58 Å². The summed E-state index contributed by atoms with van der Waals surface area (Å²) < 4.78 is 5.86. The Morgan fingerprint density at radius 1 is 1.07 bits per heavy atom. The second-order valence-electron chi connectivity index (χ2n) is 7.72. The third kappa shape index (κ3) is 2.67. The molecule has 0 bridgehead atoms. The van der Waals surface area contributed by atoms with Crippen molar-refractivity contribution >= 4 is 16.7 Å². The molecule has 2 aliphatic rings. The van der Waals surface area contributed by atoms with E-state index in [1.54, 1.807) is 6.92 Å². The van der Waals surface area contributed by atoms with Gasteiger partial charge in [-0.15, -0.1) is 0 Å². The molecule has 0 aliphatic carbocycles. The molecule has 0 saturated heterocycles. The summed E-state index contributed by atoms with van der Waals surface area (Å²) in [7, 11) is 0. The first-order valence-corrected chi connectivity index (χ1v) is 9.78. The topological polar surface area (TPSA) is 53.7 Å². The van der Waals surface area contributed by atoms with Gasteiger partial charge in [0.25, 0.3) is 0 Å². The van der Waals surface area contributed by atoms with Gasteiger partial charge in [-0.05, 0) is 61.4 Å². The van der Waals surface area contributed by atoms with Crippen molar-refractivity contribution in [2.24, 2.45) is 0 Å². The zero-order chi connectivity index (χ0) is 18.5. The van der Waals surface area contributed by atoms with Crippen LogP contribution in [-0.4, -0.2) is 18.2 Å². The van der Waals surface area contributed by atoms with Crippen molar-refractivity contribution in [2.75, 3.05) is 18.0 Å². The molecule has 4 nitrogen and oxygen atoms in total. The van der Waals surface area contributed by atoms with E-state index in [9.17, 15) is 9.90 Å². The summed E-state index contributed by atoms with van der Waals surface area (Å²) in [6.07, 6.45) is 3.84. The Bertz CT molecular complexity index is 1080. The fraction of sp³-hybridized carbons (Fsp3) is 0.348. The van der Waals surface area contributed by atoms with Gasteiger partial charge < -0.3 is 14.4 Å². The van der Waals surface area contributed by atoms with Crippen molar-refractivity contribution in [1.29, 1.82) is 0 Å². The molecule has 0 spiro atoms. The van der Waals surface area contributed by atoms with E-state index in [0.29, 0.717) is 5.56 Å². The van der Waals surface area contributed by atoms with Crippen molar-refractivity contribution < 1.29 is 9.52 Å². The van der Waals surface area contributed by atoms with E-state index in [1.165, 1.54) is 23.2 Å². The molecule has 27 heavy (non-hydrogen) atoms. The summed E-state index contributed by atoms with van der Waals surface area (Å²) in [5.74, 6) is 0. The first kappa shape index (κ1) is 16.6. The monoisotopic (exact) mass is 361 g/mol. The molecule has 0 fully saturated rings. The van der Waals surface area contributed by atoms with Crippen molar-refractivity contribution in [3.05, 3.63) is 63.5 Å². The Morgan fingerprint density at radius 2 is 1.81 bits per heavy atom. The van der Waals surface area contributed by atoms with Gasteiger partial charge in [-0.25, -0.2) is 4.79 Å². The Hall–Kier alpha value is -2.59. The zero-order valence-corrected chi connectivity index (χ0v) is 15.5. The largest absolute Gasteiger partial charge is 0.422 e. The van der Waals surface area contributed by atoms with Crippen LogP contribution in [0, 0.1) is 0 Å². The van der Waals surface area contributed by atoms with Crippen LogP contribution < -0.4 is 10.5 Å². The number of anilines is 1. The molecule has 3 heterocycles. The van der Waals surface area contributed by atoms with Crippen LogP contribution >= 0.6 is 0 Å². The van der Waals surface area contributed by atoms with Crippen LogP contribution in [0.25, 0.3) is 22.1 Å². The number of aliphatic hydroxyl groups excluding tert-OH is 1. The molecular weight excluding hydrogens is 338 g/mol. The minimum atomic E-state index is -0.519. The molecule has 1 unspecified atom stereocenters. The molecule has 4 heteroatoms. The van der Waals surface area contributed by atoms with Gasteiger partial charge in [-0.2, -0.15) is 0 Å². The summed E-state index contributed by atoms with van der Waals surface area (Å²) in [6.45, 7) is 3.93. The number of rotatable bonds is 2. The quantitative estimate of drug-likeness (QED) is 0.695. The standard InChI is InChI=1S/C23H23NO3/c1-14(25)15-6-8-16(9-7-15)20-13-18-12-17-4-2-10-24-11-3-5-19(21(17)24)22(18)27-23(20)26/h6-9,12-14,25H,2-5,10-11H2,1H3. The van der Waals surface area contributed by atoms with E-state index in [1.807, 2.05) is 30.3 Å². The third-order valence-corrected chi connectivity index (χ3v) is 5.92. The highest BCUT2D eigenvalue weighted by molar-refractivity contribution is 5.90. The average molecular weight is 361 g/mol. The zero-order valence-electron chi connectivity index (χ0n) is 15.5. The van der Waals surface area contributed by atoms with Gasteiger partial charge in [0.2, 0.25) is 0 Å². The molecule has 138 valence electrons. The van der Waals surface area contributed by atoms with Gasteiger partial charge in [-0.3, -0.25) is 0 Å². The number of hydrogen-bond acceptors (Lipinski definition) is 4. The number of aryl methyl sites for hydroxylation is 2. The molecule has 1 aromatic heterocycles. The molecule has 3 aromatic rings. The highest BCUT2D eigenvalue weighted by Gasteiger charge is 2.27. The normalized spacial score (nSPS) is 17.0. The minimum absolute atomic E-state index is 0.295. The summed E-state index contributed by atoms with van der Waals surface area (Å²) in [5.41, 5.74) is 6.61. The van der Waals surface area contributed by atoms with Crippen molar-refractivity contribution in [3.8, 4) is 11.1 Å². The average Bonchev–Trinajstić information content (AvgIpc) is 2.69. The molecule has 5 rings (SSSR count). The Balaban J connectivity index is 1.69. The molecule has 1 N–H and O–H groups in total. The van der Waals surface area contributed by atoms with Gasteiger partial charge in [0.15, 0.2) is 0 Å². The van der Waals surface area contributed by atoms with Crippen LogP contribution in [0.2, 0.25) is 0 Å². The molecule has 1 atom stereocenters. The smallest absolute Gasteiger partial charge is 0.344 e. The van der Waals surface area contributed by atoms with Gasteiger partial charge in [0.05, 0.1) is 11.7 Å². The van der Waals surface area contributed by atoms with Crippen LogP contribution in [0.5, 0.6) is 0 Å². The fourth-order valence-corrected chi connectivity index (χ4v) is 4.59. The van der Waals surface area contributed by atoms with E-state index < -0.39 is 6.10 Å². The SMILES string of the molecule is CC(O)c1ccc(-c2cc3cc4c5c(c3oc2=O)CCCN5CCC4)cc1. The van der Waals surface area contributed by atoms with E-state index >= 15 is 0 Å². The number of benzene rings is 2. The molecule has 0 amide bonds. The lowest BCUT2D eigenvalue weighted by Crippen LogP contribution is -2.34. The third-order valence-electron chi connectivity index (χ3n) is 5.92. The Kier molecular flexibility index (Phi) is 3.83. The van der Waals surface area contributed by atoms with Crippen LogP contribution in [0.15, 0.2) is 45.6 Å². The van der Waals surface area contributed by atoms with Crippen LogP contribution in [0.4, 0.5) is 5.69 Å². The summed E-state index contributed by atoms with van der Waals surface area (Å²) in [4.78, 5) is 15.2. The predicted molar refractivity (Wildman–Crippen MR) is 107 cm³/mol. The summed E-state index contributed by atoms with van der Waals surface area (Å²) in [5, 5.41) is 10.7. The molecule has 0 radical (unpaired) electrons. The summed E-state index contributed by atoms with van der Waals surface area (Å²) in [6, 6.07) is 11.7. The lowest BCUT2D eigenvalue weighted by molar-refractivity contribution is 0.199. The maximum absolute atomic E-state index is 12.8. The molecule has 2 aromatic carbocycles. The highest BCUT2D eigenvalue weighted by atomic mass is 16.4. The van der Waals surface area contributed by atoms with E-state index in [4.69, 9.17) is 4.42 Å². The van der Waals surface area contributed by atoms with Crippen molar-refractivity contribution in [2.45, 2.75) is 38.7 Å². The van der Waals surface area contributed by atoms with Crippen molar-refractivity contribution in [1.82, 2.24) is 0 Å². The number of hydrogen-bond donors (Lipinski definition) is 1. The number of aliphatic hydroxyl groups is 1. The molecular formula is C23H23NO3. The minimum Gasteiger partial charge on any atom is -0.422 e. The first-order valence-electron chi connectivity index (χ1n) is 9.78. The predicted octanol–water partition coefficient (Wildman–Crippen LogP) is 4.21. The van der Waals surface area contributed by atoms with Gasteiger partial charge in [0, 0.05) is 29.7 Å². The summed E-state index contributed by atoms with van der Waals surface area (Å²) >= 11 is 0. The second-order valence-corrected chi connectivity index (χ2v) is 7.72. The lowest BCUT2D eigenvalue weighted by atomic mass is 9.89. The Morgan fingerprint density at radius 3 is 2.56 bits per heavy atom. The van der Waals surface area contributed by atoms with Crippen LogP contribution in [-0.2, 0) is 12.8 Å². The van der Waals surface area contributed by atoms with Crippen molar-refractivity contribution in [3.63, 3.8) is 0 Å². The number of nitrogens with zero attached hydrogens (tertiary/aromatic N) is 1. The fourth-order valence-electron chi connectivity index (χ4n) is 4.59. The molecule has 2 aliphatic heterocycles. The number of fused-ring (bicyclic) bond motifs is 2. The highest BCUT2D eigenvalue weighted by Crippen LogP contribution is 2.40. The maximum Gasteiger partial charge on any atom is 0.344 e. The Labute approximate surface area is 158 Å². The van der Waals surface area contributed by atoms with Gasteiger partial charge >= 0.3 is 5.63 Å². The maximum atomic E-state index is 12.8. The van der Waals surface area contributed by atoms with Gasteiger partial charge in [-0.1, -0.05) is 24.3 Å².